The van der Waals surface area contributed by atoms with Crippen LogP contribution in [-0.2, 0) is 0 Å². The molecule has 0 saturated carbocycles. The van der Waals surface area contributed by atoms with Gasteiger partial charge in [0.15, 0.2) is 11.9 Å². The van der Waals surface area contributed by atoms with Crippen LogP contribution >= 0.6 is 0 Å². The first-order valence-electron chi connectivity index (χ1n) is 8.63. The molecule has 0 fully saturated rings. The molecule has 1 aliphatic rings. The minimum absolute atomic E-state index is 0.0214. The number of fused-ring (bicyclic) bond motifs is 2. The first-order valence-corrected chi connectivity index (χ1v) is 8.63. The van der Waals surface area contributed by atoms with Crippen LogP contribution in [0.5, 0.6) is 5.75 Å². The Hall–Kier alpha value is -3.08. The highest BCUT2D eigenvalue weighted by Gasteiger charge is 2.34. The van der Waals surface area contributed by atoms with E-state index in [4.69, 9.17) is 4.74 Å². The fourth-order valence-electron chi connectivity index (χ4n) is 3.09. The number of benzene rings is 1. The van der Waals surface area contributed by atoms with E-state index in [1.54, 1.807) is 24.7 Å². The molecule has 1 atom stereocenters. The number of rotatable bonds is 2. The molecule has 2 aromatic heterocycles. The number of H-pyrrole nitrogens is 1. The Balaban J connectivity index is 1.86. The molecule has 1 aliphatic heterocycles. The van der Waals surface area contributed by atoms with Crippen molar-refractivity contribution in [2.45, 2.75) is 32.4 Å². The maximum atomic E-state index is 13.2. The van der Waals surface area contributed by atoms with Crippen LogP contribution in [0.1, 0.15) is 42.8 Å². The highest BCUT2D eigenvalue weighted by atomic mass is 16.5. The number of ether oxygens (including phenoxy) is 1. The van der Waals surface area contributed by atoms with Gasteiger partial charge in [-0.3, -0.25) is 9.78 Å². The van der Waals surface area contributed by atoms with Gasteiger partial charge in [-0.15, -0.1) is 0 Å². The smallest absolute Gasteiger partial charge is 0.198 e. The maximum absolute atomic E-state index is 13.2. The normalized spacial score (nSPS) is 18.7. The summed E-state index contributed by atoms with van der Waals surface area (Å²) in [6.45, 7) is 6.16. The Morgan fingerprint density at radius 1 is 1.23 bits per heavy atom. The molecule has 0 radical (unpaired) electrons. The number of Topliss-reactive ketones (excluding diaryl/α,β-unsaturated/α-hetero) is 1. The van der Waals surface area contributed by atoms with Crippen molar-refractivity contribution < 1.29 is 9.53 Å². The van der Waals surface area contributed by atoms with E-state index in [-0.39, 0.29) is 11.3 Å². The van der Waals surface area contributed by atoms with Gasteiger partial charge in [0.2, 0.25) is 0 Å². The number of aromatic amines is 1. The van der Waals surface area contributed by atoms with Crippen molar-refractivity contribution >= 4 is 16.7 Å². The molecule has 4 rings (SSSR count). The van der Waals surface area contributed by atoms with Crippen molar-refractivity contribution in [1.82, 2.24) is 15.3 Å². The standard InChI is InChI=1S/C21H21N3O2/c1-21(2,3)24-12-16-19(25)13-6-4-5-7-18(13)26-20(16)15-11-23-17-8-9-22-10-14(15)17/h4-12,20,23-24H,1-3H3/b16-12+. The Bertz CT molecular complexity index is 1010. The number of hydrogen-bond acceptors (Lipinski definition) is 4. The summed E-state index contributed by atoms with van der Waals surface area (Å²) in [5.41, 5.74) is 2.88. The molecule has 5 heteroatoms. The number of nitrogens with one attached hydrogen (secondary N) is 2. The number of aromatic nitrogens is 2. The summed E-state index contributed by atoms with van der Waals surface area (Å²) in [6, 6.07) is 9.28. The lowest BCUT2D eigenvalue weighted by atomic mass is 9.91. The molecule has 0 bridgehead atoms. The molecule has 0 amide bonds. The number of ketones is 1. The van der Waals surface area contributed by atoms with E-state index in [9.17, 15) is 4.79 Å². The summed E-state index contributed by atoms with van der Waals surface area (Å²) < 4.78 is 6.26. The number of nitrogens with zero attached hydrogens (tertiary/aromatic N) is 1. The van der Waals surface area contributed by atoms with Crippen LogP contribution in [0.2, 0.25) is 0 Å². The third kappa shape index (κ3) is 2.86. The average Bonchev–Trinajstić information content (AvgIpc) is 3.04. The van der Waals surface area contributed by atoms with Crippen molar-refractivity contribution in [2.75, 3.05) is 0 Å². The van der Waals surface area contributed by atoms with Crippen molar-refractivity contribution in [1.29, 1.82) is 0 Å². The van der Waals surface area contributed by atoms with Crippen molar-refractivity contribution in [3.8, 4) is 5.75 Å². The van der Waals surface area contributed by atoms with Gasteiger partial charge in [0.1, 0.15) is 5.75 Å². The van der Waals surface area contributed by atoms with Crippen LogP contribution in [0.25, 0.3) is 10.9 Å². The Kier molecular flexibility index (Phi) is 3.80. The molecule has 2 N–H and O–H groups in total. The zero-order valence-corrected chi connectivity index (χ0v) is 15.0. The van der Waals surface area contributed by atoms with E-state index in [0.717, 1.165) is 16.5 Å². The molecular formula is C21H21N3O2. The van der Waals surface area contributed by atoms with Crippen LogP contribution in [0.15, 0.2) is 60.7 Å². The van der Waals surface area contributed by atoms with Crippen molar-refractivity contribution in [2.24, 2.45) is 0 Å². The van der Waals surface area contributed by atoms with Gasteiger partial charge in [-0.2, -0.15) is 0 Å². The molecule has 0 saturated heterocycles. The highest BCUT2D eigenvalue weighted by Crippen LogP contribution is 2.40. The minimum Gasteiger partial charge on any atom is -0.480 e. The Morgan fingerprint density at radius 2 is 2.04 bits per heavy atom. The van der Waals surface area contributed by atoms with E-state index < -0.39 is 6.10 Å². The van der Waals surface area contributed by atoms with Crippen LogP contribution in [0, 0.1) is 0 Å². The molecule has 5 nitrogen and oxygen atoms in total. The highest BCUT2D eigenvalue weighted by molar-refractivity contribution is 6.12. The molecular weight excluding hydrogens is 326 g/mol. The summed E-state index contributed by atoms with van der Waals surface area (Å²) in [5, 5.41) is 4.25. The Morgan fingerprint density at radius 3 is 2.85 bits per heavy atom. The fraction of sp³-hybridized carbons (Fsp3) is 0.238. The van der Waals surface area contributed by atoms with E-state index in [1.807, 2.05) is 30.5 Å². The molecule has 3 aromatic rings. The quantitative estimate of drug-likeness (QED) is 0.683. The molecule has 26 heavy (non-hydrogen) atoms. The Labute approximate surface area is 152 Å². The van der Waals surface area contributed by atoms with Gasteiger partial charge < -0.3 is 15.0 Å². The first kappa shape index (κ1) is 16.4. The van der Waals surface area contributed by atoms with Gasteiger partial charge in [-0.05, 0) is 39.0 Å². The number of pyridine rings is 1. The van der Waals surface area contributed by atoms with E-state index >= 15 is 0 Å². The number of carbonyl (C=O) groups excluding carboxylic acids is 1. The van der Waals surface area contributed by atoms with E-state index in [1.165, 1.54) is 0 Å². The number of hydrogen-bond donors (Lipinski definition) is 2. The average molecular weight is 347 g/mol. The first-order chi connectivity index (χ1) is 12.4. The van der Waals surface area contributed by atoms with Crippen LogP contribution < -0.4 is 10.1 Å². The second kappa shape index (κ2) is 6.02. The van der Waals surface area contributed by atoms with Crippen LogP contribution in [0.3, 0.4) is 0 Å². The summed E-state index contributed by atoms with van der Waals surface area (Å²) in [7, 11) is 0. The van der Waals surface area contributed by atoms with Crippen molar-refractivity contribution in [3.05, 3.63) is 71.8 Å². The number of carbonyl (C=O) groups is 1. The van der Waals surface area contributed by atoms with Gasteiger partial charge in [0.25, 0.3) is 0 Å². The summed E-state index contributed by atoms with van der Waals surface area (Å²) in [4.78, 5) is 20.6. The third-order valence-corrected chi connectivity index (χ3v) is 4.38. The summed E-state index contributed by atoms with van der Waals surface area (Å²) in [5.74, 6) is 0.584. The largest absolute Gasteiger partial charge is 0.480 e. The lowest BCUT2D eigenvalue weighted by Gasteiger charge is -2.29. The zero-order chi connectivity index (χ0) is 18.3. The molecule has 0 aliphatic carbocycles. The van der Waals surface area contributed by atoms with Crippen LogP contribution in [0.4, 0.5) is 0 Å². The van der Waals surface area contributed by atoms with Gasteiger partial charge in [0.05, 0.1) is 11.1 Å². The minimum atomic E-state index is -0.495. The predicted molar refractivity (Wildman–Crippen MR) is 101 cm³/mol. The monoisotopic (exact) mass is 347 g/mol. The fourth-order valence-corrected chi connectivity index (χ4v) is 3.09. The zero-order valence-electron chi connectivity index (χ0n) is 15.0. The number of para-hydroxylation sites is 1. The summed E-state index contributed by atoms with van der Waals surface area (Å²) >= 11 is 0. The van der Waals surface area contributed by atoms with Gasteiger partial charge in [-0.1, -0.05) is 12.1 Å². The second-order valence-electron chi connectivity index (χ2n) is 7.48. The van der Waals surface area contributed by atoms with Crippen LogP contribution in [-0.4, -0.2) is 21.3 Å². The topological polar surface area (TPSA) is 67.0 Å². The lowest BCUT2D eigenvalue weighted by Crippen LogP contribution is -2.34. The molecule has 1 aromatic carbocycles. The molecule has 132 valence electrons. The lowest BCUT2D eigenvalue weighted by molar-refractivity contribution is 0.0960. The third-order valence-electron chi connectivity index (χ3n) is 4.38. The van der Waals surface area contributed by atoms with Crippen molar-refractivity contribution in [3.63, 3.8) is 0 Å². The molecule has 3 heterocycles. The maximum Gasteiger partial charge on any atom is 0.198 e. The second-order valence-corrected chi connectivity index (χ2v) is 7.48. The van der Waals surface area contributed by atoms with Gasteiger partial charge in [-0.25, -0.2) is 0 Å². The van der Waals surface area contributed by atoms with E-state index in [2.05, 4.69) is 36.1 Å². The molecule has 0 spiro atoms. The van der Waals surface area contributed by atoms with E-state index in [0.29, 0.717) is 16.9 Å². The van der Waals surface area contributed by atoms with Gasteiger partial charge >= 0.3 is 0 Å². The summed E-state index contributed by atoms with van der Waals surface area (Å²) in [6.07, 6.45) is 6.72. The predicted octanol–water partition coefficient (Wildman–Crippen LogP) is 4.15. The SMILES string of the molecule is CC(C)(C)N/C=C1\C(=O)c2ccccc2OC1c1c[nH]c2ccncc12. The van der Waals surface area contributed by atoms with Gasteiger partial charge in [0, 0.05) is 46.8 Å². The molecule has 1 unspecified atom stereocenters.